The second-order valence-corrected chi connectivity index (χ2v) is 9.65. The fourth-order valence-corrected chi connectivity index (χ4v) is 2.60. The highest BCUT2D eigenvalue weighted by molar-refractivity contribution is 8.26. The zero-order valence-corrected chi connectivity index (χ0v) is 12.9. The number of rotatable bonds is 8. The third-order valence-electron chi connectivity index (χ3n) is 2.18. The third kappa shape index (κ3) is 7.18. The van der Waals surface area contributed by atoms with Gasteiger partial charge < -0.3 is 9.79 Å². The molecule has 0 rings (SSSR count). The molecule has 112 valence electrons. The number of allylic oxidation sites excluding steroid dienone is 3. The van der Waals surface area contributed by atoms with E-state index in [0.29, 0.717) is 0 Å². The van der Waals surface area contributed by atoms with E-state index in [9.17, 15) is 9.13 Å². The van der Waals surface area contributed by atoms with Crippen molar-refractivity contribution in [3.63, 3.8) is 0 Å². The molecule has 0 aliphatic rings. The molecule has 19 heavy (non-hydrogen) atoms. The second kappa shape index (κ2) is 8.12. The molecule has 0 radical (unpaired) electrons. The highest BCUT2D eigenvalue weighted by Crippen LogP contribution is 2.77. The minimum Gasteiger partial charge on any atom is -0.316 e. The van der Waals surface area contributed by atoms with Gasteiger partial charge in [0.1, 0.15) is 0 Å². The van der Waals surface area contributed by atoms with Crippen molar-refractivity contribution in [3.05, 3.63) is 23.3 Å². The predicted octanol–water partition coefficient (Wildman–Crippen LogP) is 3.47. The Morgan fingerprint density at radius 1 is 1.16 bits per heavy atom. The Balaban J connectivity index is 4.38. The molecule has 3 N–H and O–H groups in total. The van der Waals surface area contributed by atoms with Gasteiger partial charge in [-0.3, -0.25) is 4.52 Å². The van der Waals surface area contributed by atoms with E-state index in [1.165, 1.54) is 11.6 Å². The van der Waals surface area contributed by atoms with Crippen LogP contribution in [0.5, 0.6) is 0 Å². The molecular weight excluding hydrogens is 294 g/mol. The molecular formula is C10H20O7P2. The summed E-state index contributed by atoms with van der Waals surface area (Å²) in [5.41, 5.74) is 2.11. The van der Waals surface area contributed by atoms with E-state index in [0.717, 1.165) is 18.4 Å². The Morgan fingerprint density at radius 3 is 2.16 bits per heavy atom. The lowest BCUT2D eigenvalue weighted by Crippen LogP contribution is -1.95. The van der Waals surface area contributed by atoms with Gasteiger partial charge in [0.15, 0.2) is 0 Å². The van der Waals surface area contributed by atoms with Crippen molar-refractivity contribution in [1.82, 2.24) is 0 Å². The van der Waals surface area contributed by atoms with Gasteiger partial charge in [-0.15, -0.1) is 4.67 Å². The van der Waals surface area contributed by atoms with Gasteiger partial charge in [-0.1, -0.05) is 23.3 Å². The van der Waals surface area contributed by atoms with E-state index in [4.69, 9.17) is 15.0 Å². The van der Waals surface area contributed by atoms with Crippen LogP contribution in [0.3, 0.4) is 0 Å². The molecule has 0 saturated heterocycles. The van der Waals surface area contributed by atoms with Crippen LogP contribution in [0.2, 0.25) is 0 Å². The van der Waals surface area contributed by atoms with Gasteiger partial charge in [0, 0.05) is 0 Å². The lowest BCUT2D eigenvalue weighted by molar-refractivity contribution is -0.145. The van der Waals surface area contributed by atoms with Crippen LogP contribution in [-0.4, -0.2) is 21.7 Å². The van der Waals surface area contributed by atoms with Crippen molar-refractivity contribution in [2.24, 2.45) is 0 Å². The summed E-state index contributed by atoms with van der Waals surface area (Å²) in [6, 6.07) is 0. The first kappa shape index (κ1) is 18.7. The van der Waals surface area contributed by atoms with Crippen molar-refractivity contribution >= 4 is 14.6 Å². The minimum atomic E-state index is -5.16. The van der Waals surface area contributed by atoms with E-state index >= 15 is 0 Å². The van der Waals surface area contributed by atoms with E-state index in [1.54, 1.807) is 0 Å². The van der Waals surface area contributed by atoms with Gasteiger partial charge in [0.2, 0.25) is 0 Å². The average Bonchev–Trinajstić information content (AvgIpc) is 2.26. The molecule has 0 saturated carbocycles. The molecule has 1 atom stereocenters. The van der Waals surface area contributed by atoms with Crippen LogP contribution in [0.25, 0.3) is 0 Å². The smallest absolute Gasteiger partial charge is 0.316 e. The average molecular weight is 314 g/mol. The van der Waals surface area contributed by atoms with E-state index < -0.39 is 14.6 Å². The molecule has 0 aliphatic carbocycles. The van der Waals surface area contributed by atoms with Gasteiger partial charge >= 0.3 is 14.6 Å². The Kier molecular flexibility index (Phi) is 8.01. The maximum atomic E-state index is 11.4. The van der Waals surface area contributed by atoms with E-state index in [2.05, 4.69) is 15.3 Å². The highest BCUT2D eigenvalue weighted by Gasteiger charge is 2.46. The SMILES string of the molecule is CC(C)=CCC/C(C)=C/COP(=O)(OO)P(=O)(O)O. The Labute approximate surface area is 112 Å². The lowest BCUT2D eigenvalue weighted by atomic mass is 10.1. The zero-order chi connectivity index (χ0) is 15.1. The first-order chi connectivity index (χ1) is 8.62. The van der Waals surface area contributed by atoms with Crippen LogP contribution in [-0.2, 0) is 18.3 Å². The molecule has 0 spiro atoms. The molecule has 0 amide bonds. The quantitative estimate of drug-likeness (QED) is 0.272. The predicted molar refractivity (Wildman–Crippen MR) is 71.7 cm³/mol. The zero-order valence-electron chi connectivity index (χ0n) is 11.1. The number of hydrogen-bond acceptors (Lipinski definition) is 5. The summed E-state index contributed by atoms with van der Waals surface area (Å²) in [6.07, 6.45) is 5.15. The number of hydrogen-bond donors (Lipinski definition) is 3. The first-order valence-electron chi connectivity index (χ1n) is 5.55. The van der Waals surface area contributed by atoms with Crippen LogP contribution in [0.1, 0.15) is 33.6 Å². The summed E-state index contributed by atoms with van der Waals surface area (Å²) in [4.78, 5) is 17.4. The molecule has 0 aliphatic heterocycles. The fraction of sp³-hybridized carbons (Fsp3) is 0.600. The van der Waals surface area contributed by atoms with Crippen LogP contribution >= 0.6 is 14.6 Å². The molecule has 0 heterocycles. The van der Waals surface area contributed by atoms with Gasteiger partial charge in [0.25, 0.3) is 0 Å². The van der Waals surface area contributed by atoms with Gasteiger partial charge in [-0.2, -0.15) is 0 Å². The molecule has 0 bridgehead atoms. The first-order valence-corrected chi connectivity index (χ1v) is 9.41. The molecule has 0 fully saturated rings. The van der Waals surface area contributed by atoms with Crippen molar-refractivity contribution in [2.45, 2.75) is 33.6 Å². The van der Waals surface area contributed by atoms with Crippen LogP contribution in [0, 0.1) is 0 Å². The molecule has 1 unspecified atom stereocenters. The fourth-order valence-electron chi connectivity index (χ4n) is 1.11. The molecule has 0 aromatic heterocycles. The minimum absolute atomic E-state index is 0.316. The van der Waals surface area contributed by atoms with Crippen molar-refractivity contribution in [2.75, 3.05) is 6.61 Å². The standard InChI is InChI=1S/C10H20O7P2/c1-9(2)5-4-6-10(3)7-8-16-19(15,17-11)18(12,13)14/h5,7,11H,4,6,8H2,1-3H3,(H2,12,13,14)/b10-7+. The molecule has 0 aromatic carbocycles. The summed E-state index contributed by atoms with van der Waals surface area (Å²) < 4.78 is 30.0. The summed E-state index contributed by atoms with van der Waals surface area (Å²) in [6.45, 7) is 5.46. The highest BCUT2D eigenvalue weighted by atomic mass is 32.1. The molecule has 9 heteroatoms. The molecule has 7 nitrogen and oxygen atoms in total. The molecule has 0 aromatic rings. The lowest BCUT2D eigenvalue weighted by Gasteiger charge is -2.14. The monoisotopic (exact) mass is 314 g/mol. The summed E-state index contributed by atoms with van der Waals surface area (Å²) >= 11 is 0. The van der Waals surface area contributed by atoms with E-state index in [-0.39, 0.29) is 6.61 Å². The van der Waals surface area contributed by atoms with Crippen molar-refractivity contribution in [1.29, 1.82) is 0 Å². The van der Waals surface area contributed by atoms with E-state index in [1.807, 2.05) is 20.8 Å². The topological polar surface area (TPSA) is 113 Å². The maximum Gasteiger partial charge on any atom is 0.467 e. The normalized spacial score (nSPS) is 16.0. The van der Waals surface area contributed by atoms with Gasteiger partial charge in [-0.05, 0) is 33.6 Å². The van der Waals surface area contributed by atoms with Crippen LogP contribution in [0.4, 0.5) is 0 Å². The largest absolute Gasteiger partial charge is 0.467 e. The maximum absolute atomic E-state index is 11.4. The third-order valence-corrected chi connectivity index (χ3v) is 5.98. The van der Waals surface area contributed by atoms with Gasteiger partial charge in [0.05, 0.1) is 6.61 Å². The summed E-state index contributed by atoms with van der Waals surface area (Å²) in [7, 11) is -9.98. The second-order valence-electron chi connectivity index (χ2n) is 4.23. The summed E-state index contributed by atoms with van der Waals surface area (Å²) in [5.74, 6) is 0. The van der Waals surface area contributed by atoms with Crippen molar-refractivity contribution in [3.8, 4) is 0 Å². The van der Waals surface area contributed by atoms with Gasteiger partial charge in [-0.25, -0.2) is 14.4 Å². The van der Waals surface area contributed by atoms with Crippen LogP contribution < -0.4 is 0 Å². The Bertz CT molecular complexity index is 431. The van der Waals surface area contributed by atoms with Crippen molar-refractivity contribution < 1.29 is 33.4 Å². The Morgan fingerprint density at radius 2 is 1.74 bits per heavy atom. The Hall–Kier alpha value is -0.260. The summed E-state index contributed by atoms with van der Waals surface area (Å²) in [5, 5.41) is 8.28. The van der Waals surface area contributed by atoms with Crippen LogP contribution in [0.15, 0.2) is 23.3 Å².